The minimum atomic E-state index is 0.449. The van der Waals surface area contributed by atoms with Crippen molar-refractivity contribution in [3.05, 3.63) is 56.0 Å². The average Bonchev–Trinajstić information content (AvgIpc) is 2.29. The second-order valence-electron chi connectivity index (χ2n) is 3.68. The van der Waals surface area contributed by atoms with E-state index >= 15 is 0 Å². The maximum atomic E-state index is 6.20. The summed E-state index contributed by atoms with van der Waals surface area (Å²) in [5, 5.41) is 2.12. The molecule has 0 aliphatic heterocycles. The summed E-state index contributed by atoms with van der Waals surface area (Å²) < 4.78 is 0. The molecule has 0 fully saturated rings. The number of rotatable bonds is 1. The predicted octanol–water partition coefficient (Wildman–Crippen LogP) is 6.28. The summed E-state index contributed by atoms with van der Waals surface area (Å²) in [5.41, 5.74) is 2.66. The number of halogens is 4. The van der Waals surface area contributed by atoms with E-state index in [1.807, 2.05) is 25.1 Å². The average molecular weight is 306 g/mol. The zero-order chi connectivity index (χ0) is 12.6. The number of hydrogen-bond donors (Lipinski definition) is 0. The van der Waals surface area contributed by atoms with Crippen LogP contribution in [0.15, 0.2) is 30.3 Å². The van der Waals surface area contributed by atoms with E-state index in [2.05, 4.69) is 0 Å². The fourth-order valence-corrected chi connectivity index (χ4v) is 2.54. The summed E-state index contributed by atoms with van der Waals surface area (Å²) in [7, 11) is 0. The summed E-state index contributed by atoms with van der Waals surface area (Å²) in [5.74, 6) is 0. The second-order valence-corrected chi connectivity index (χ2v) is 5.31. The van der Waals surface area contributed by atoms with Crippen molar-refractivity contribution in [1.29, 1.82) is 0 Å². The Hall–Kier alpha value is -0.400. The Morgan fingerprint density at radius 3 is 2.18 bits per heavy atom. The van der Waals surface area contributed by atoms with Gasteiger partial charge in [0.25, 0.3) is 0 Å². The molecule has 0 radical (unpaired) electrons. The van der Waals surface area contributed by atoms with Crippen LogP contribution in [0.3, 0.4) is 0 Å². The lowest BCUT2D eigenvalue weighted by molar-refractivity contribution is 1.46. The highest BCUT2D eigenvalue weighted by Gasteiger charge is 2.13. The molecule has 0 saturated carbocycles. The summed E-state index contributed by atoms with van der Waals surface area (Å²) >= 11 is 24.4. The van der Waals surface area contributed by atoms with Crippen molar-refractivity contribution in [2.75, 3.05) is 0 Å². The molecule has 0 atom stereocenters. The van der Waals surface area contributed by atoms with Crippen LogP contribution < -0.4 is 0 Å². The molecular weight excluding hydrogens is 298 g/mol. The third kappa shape index (κ3) is 2.56. The molecule has 0 spiro atoms. The van der Waals surface area contributed by atoms with E-state index in [0.717, 1.165) is 16.7 Å². The maximum Gasteiger partial charge on any atom is 0.0685 e. The van der Waals surface area contributed by atoms with Gasteiger partial charge in [0.05, 0.1) is 15.1 Å². The summed E-state index contributed by atoms with van der Waals surface area (Å²) in [6.07, 6.45) is 0. The molecule has 2 aromatic carbocycles. The van der Waals surface area contributed by atoms with E-state index in [1.165, 1.54) is 0 Å². The van der Waals surface area contributed by atoms with Crippen molar-refractivity contribution in [3.63, 3.8) is 0 Å². The zero-order valence-corrected chi connectivity index (χ0v) is 11.9. The van der Waals surface area contributed by atoms with E-state index in [0.29, 0.717) is 20.1 Å². The minimum absolute atomic E-state index is 0.449. The Bertz CT molecular complexity index is 576. The molecule has 0 amide bonds. The lowest BCUT2D eigenvalue weighted by Gasteiger charge is -2.11. The zero-order valence-electron chi connectivity index (χ0n) is 8.90. The van der Waals surface area contributed by atoms with Gasteiger partial charge in [0, 0.05) is 10.6 Å². The van der Waals surface area contributed by atoms with Crippen molar-refractivity contribution < 1.29 is 0 Å². The van der Waals surface area contributed by atoms with Crippen molar-refractivity contribution in [2.45, 2.75) is 6.92 Å². The molecule has 2 aromatic rings. The van der Waals surface area contributed by atoms with Crippen molar-refractivity contribution >= 4 is 46.4 Å². The van der Waals surface area contributed by atoms with Crippen LogP contribution in [0, 0.1) is 6.92 Å². The molecule has 0 bridgehead atoms. The molecule has 0 N–H and O–H groups in total. The lowest BCUT2D eigenvalue weighted by Crippen LogP contribution is -1.87. The normalized spacial score (nSPS) is 10.6. The molecule has 2 rings (SSSR count). The monoisotopic (exact) mass is 304 g/mol. The second kappa shape index (κ2) is 5.07. The number of aryl methyl sites for hydroxylation is 1. The Morgan fingerprint density at radius 2 is 1.47 bits per heavy atom. The van der Waals surface area contributed by atoms with Gasteiger partial charge in [-0.3, -0.25) is 0 Å². The van der Waals surface area contributed by atoms with Gasteiger partial charge in [0.1, 0.15) is 0 Å². The maximum absolute atomic E-state index is 6.20. The molecule has 0 nitrogen and oxygen atoms in total. The van der Waals surface area contributed by atoms with Gasteiger partial charge in [-0.05, 0) is 42.3 Å². The first-order valence-corrected chi connectivity index (χ1v) is 6.42. The molecule has 4 heteroatoms. The first kappa shape index (κ1) is 13.0. The Balaban J connectivity index is 2.76. The predicted molar refractivity (Wildman–Crippen MR) is 76.7 cm³/mol. The molecule has 0 aliphatic rings. The number of benzene rings is 2. The van der Waals surface area contributed by atoms with Gasteiger partial charge in [-0.2, -0.15) is 0 Å². The van der Waals surface area contributed by atoms with Gasteiger partial charge in [0.2, 0.25) is 0 Å². The molecule has 0 aliphatic carbocycles. The van der Waals surface area contributed by atoms with Crippen LogP contribution in [0.2, 0.25) is 20.1 Å². The van der Waals surface area contributed by atoms with Crippen LogP contribution >= 0.6 is 46.4 Å². The van der Waals surface area contributed by atoms with E-state index in [9.17, 15) is 0 Å². The third-order valence-electron chi connectivity index (χ3n) is 2.51. The van der Waals surface area contributed by atoms with Gasteiger partial charge in [0.15, 0.2) is 0 Å². The standard InChI is InChI=1S/C13H8Cl4/c1-7-2-3-8(14)6-9(7)12-10(15)4-5-11(16)13(12)17/h2-6H,1H3. The minimum Gasteiger partial charge on any atom is -0.0843 e. The fraction of sp³-hybridized carbons (Fsp3) is 0.0769. The number of hydrogen-bond acceptors (Lipinski definition) is 0. The smallest absolute Gasteiger partial charge is 0.0685 e. The SMILES string of the molecule is Cc1ccc(Cl)cc1-c1c(Cl)ccc(Cl)c1Cl. The molecule has 0 aromatic heterocycles. The van der Waals surface area contributed by atoms with Gasteiger partial charge in [-0.25, -0.2) is 0 Å². The first-order valence-electron chi connectivity index (χ1n) is 4.90. The van der Waals surface area contributed by atoms with Crippen LogP contribution in [-0.4, -0.2) is 0 Å². The fourth-order valence-electron chi connectivity index (χ4n) is 1.64. The topological polar surface area (TPSA) is 0 Å². The molecule has 0 heterocycles. The van der Waals surface area contributed by atoms with Crippen LogP contribution in [0.5, 0.6) is 0 Å². The lowest BCUT2D eigenvalue weighted by atomic mass is 10.0. The van der Waals surface area contributed by atoms with E-state index in [-0.39, 0.29) is 0 Å². The Kier molecular flexibility index (Phi) is 3.89. The van der Waals surface area contributed by atoms with Gasteiger partial charge in [-0.15, -0.1) is 0 Å². The van der Waals surface area contributed by atoms with Crippen LogP contribution in [0.1, 0.15) is 5.56 Å². The van der Waals surface area contributed by atoms with Crippen LogP contribution in [-0.2, 0) is 0 Å². The van der Waals surface area contributed by atoms with E-state index in [4.69, 9.17) is 46.4 Å². The molecular formula is C13H8Cl4. The molecule has 88 valence electrons. The van der Waals surface area contributed by atoms with E-state index in [1.54, 1.807) is 12.1 Å². The highest BCUT2D eigenvalue weighted by Crippen LogP contribution is 2.40. The van der Waals surface area contributed by atoms with Crippen LogP contribution in [0.25, 0.3) is 11.1 Å². The largest absolute Gasteiger partial charge is 0.0843 e. The third-order valence-corrected chi connectivity index (χ3v) is 3.87. The van der Waals surface area contributed by atoms with Gasteiger partial charge in [-0.1, -0.05) is 52.5 Å². The first-order chi connectivity index (χ1) is 8.00. The highest BCUT2D eigenvalue weighted by molar-refractivity contribution is 6.46. The quantitative estimate of drug-likeness (QED) is 0.544. The Labute approximate surface area is 120 Å². The Morgan fingerprint density at radius 1 is 0.824 bits per heavy atom. The van der Waals surface area contributed by atoms with Crippen molar-refractivity contribution in [1.82, 2.24) is 0 Å². The summed E-state index contributed by atoms with van der Waals surface area (Å²) in [6, 6.07) is 8.99. The van der Waals surface area contributed by atoms with E-state index < -0.39 is 0 Å². The molecule has 0 saturated heterocycles. The van der Waals surface area contributed by atoms with Gasteiger partial charge < -0.3 is 0 Å². The van der Waals surface area contributed by atoms with Crippen molar-refractivity contribution in [2.24, 2.45) is 0 Å². The molecule has 17 heavy (non-hydrogen) atoms. The summed E-state index contributed by atoms with van der Waals surface area (Å²) in [4.78, 5) is 0. The van der Waals surface area contributed by atoms with Crippen LogP contribution in [0.4, 0.5) is 0 Å². The van der Waals surface area contributed by atoms with Crippen molar-refractivity contribution in [3.8, 4) is 11.1 Å². The van der Waals surface area contributed by atoms with Gasteiger partial charge >= 0.3 is 0 Å². The highest BCUT2D eigenvalue weighted by atomic mass is 35.5. The summed E-state index contributed by atoms with van der Waals surface area (Å²) in [6.45, 7) is 1.97. The molecule has 0 unspecified atom stereocenters.